The highest BCUT2D eigenvalue weighted by molar-refractivity contribution is 6.05. The first-order valence-corrected chi connectivity index (χ1v) is 9.37. The number of hydrogen-bond donors (Lipinski definition) is 0. The highest BCUT2D eigenvalue weighted by Crippen LogP contribution is 2.52. The van der Waals surface area contributed by atoms with Crippen molar-refractivity contribution < 1.29 is 9.53 Å². The predicted octanol–water partition coefficient (Wildman–Crippen LogP) is 3.06. The molecule has 3 aromatic rings. The average molecular weight is 373 g/mol. The number of anilines is 1. The maximum Gasteiger partial charge on any atom is 0.247 e. The Labute approximate surface area is 162 Å². The molecule has 140 valence electrons. The molecule has 0 unspecified atom stereocenters. The first-order valence-electron chi connectivity index (χ1n) is 9.37. The van der Waals surface area contributed by atoms with E-state index in [4.69, 9.17) is 4.74 Å². The number of rotatable bonds is 4. The fourth-order valence-electron chi connectivity index (χ4n) is 4.16. The average Bonchev–Trinajstić information content (AvgIpc) is 3.40. The lowest BCUT2D eigenvalue weighted by Crippen LogP contribution is -2.35. The molecule has 0 radical (unpaired) electrons. The molecule has 1 atom stereocenters. The van der Waals surface area contributed by atoms with Crippen molar-refractivity contribution >= 4 is 17.1 Å². The van der Waals surface area contributed by atoms with E-state index in [-0.39, 0.29) is 11.8 Å². The zero-order chi connectivity index (χ0) is 19.3. The molecule has 7 heteroatoms. The van der Waals surface area contributed by atoms with Crippen LogP contribution in [0, 0.1) is 22.7 Å². The smallest absolute Gasteiger partial charge is 0.247 e. The molecule has 4 heterocycles. The van der Waals surface area contributed by atoms with Crippen LogP contribution >= 0.6 is 0 Å². The van der Waals surface area contributed by atoms with Gasteiger partial charge in [-0.15, -0.1) is 0 Å². The Morgan fingerprint density at radius 3 is 2.86 bits per heavy atom. The van der Waals surface area contributed by atoms with Crippen molar-refractivity contribution in [1.82, 2.24) is 14.6 Å². The summed E-state index contributed by atoms with van der Waals surface area (Å²) in [6, 6.07) is 9.92. The van der Waals surface area contributed by atoms with Gasteiger partial charge in [-0.3, -0.25) is 9.78 Å². The Morgan fingerprint density at radius 2 is 2.18 bits per heavy atom. The second-order valence-electron chi connectivity index (χ2n) is 7.42. The van der Waals surface area contributed by atoms with Gasteiger partial charge >= 0.3 is 0 Å². The molecule has 3 aromatic heterocycles. The summed E-state index contributed by atoms with van der Waals surface area (Å²) in [5.74, 6) is 0.830. The number of ether oxygens (including phenoxy) is 1. The second-order valence-corrected chi connectivity index (χ2v) is 7.42. The Hall–Kier alpha value is -3.40. The monoisotopic (exact) mass is 373 g/mol. The molecular formula is C21H19N5O2. The summed E-state index contributed by atoms with van der Waals surface area (Å²) in [5, 5.41) is 14.1. The molecule has 1 saturated carbocycles. The highest BCUT2D eigenvalue weighted by atomic mass is 16.5. The van der Waals surface area contributed by atoms with Crippen LogP contribution in [0.4, 0.5) is 5.69 Å². The minimum atomic E-state index is -0.854. The number of fused-ring (bicyclic) bond motifs is 1. The van der Waals surface area contributed by atoms with Gasteiger partial charge in [0, 0.05) is 24.5 Å². The molecule has 0 aromatic carbocycles. The molecule has 7 nitrogen and oxygen atoms in total. The van der Waals surface area contributed by atoms with Crippen LogP contribution in [0.25, 0.3) is 16.8 Å². The van der Waals surface area contributed by atoms with Crippen LogP contribution in [0.2, 0.25) is 0 Å². The standard InChI is InChI=1S/C21H19N5O2/c1-28-16-4-5-17(23-11-16)14-10-19-18(6-8-24-26(19)12-14)25-9-7-21(13-22,20(25)27)15-2-3-15/h4-6,8,10-12,15H,2-3,7,9H2,1H3/t21-/m1/s1. The first-order chi connectivity index (χ1) is 13.7. The summed E-state index contributed by atoms with van der Waals surface area (Å²) < 4.78 is 6.92. The molecular weight excluding hydrogens is 354 g/mol. The summed E-state index contributed by atoms with van der Waals surface area (Å²) in [5.41, 5.74) is 2.47. The van der Waals surface area contributed by atoms with E-state index in [0.717, 1.165) is 35.3 Å². The highest BCUT2D eigenvalue weighted by Gasteiger charge is 2.56. The summed E-state index contributed by atoms with van der Waals surface area (Å²) in [6.07, 6.45) is 7.79. The third kappa shape index (κ3) is 2.38. The van der Waals surface area contributed by atoms with Gasteiger partial charge in [0.2, 0.25) is 5.91 Å². The number of amides is 1. The third-order valence-corrected chi connectivity index (χ3v) is 5.88. The van der Waals surface area contributed by atoms with Crippen molar-refractivity contribution in [3.05, 3.63) is 42.9 Å². The van der Waals surface area contributed by atoms with Gasteiger partial charge in [0.1, 0.15) is 11.2 Å². The summed E-state index contributed by atoms with van der Waals surface area (Å²) in [7, 11) is 1.61. The maximum absolute atomic E-state index is 13.2. The van der Waals surface area contributed by atoms with Gasteiger partial charge in [0.05, 0.1) is 36.3 Å². The molecule has 1 amide bonds. The van der Waals surface area contributed by atoms with Crippen molar-refractivity contribution in [1.29, 1.82) is 5.26 Å². The number of methoxy groups -OCH3 is 1. The van der Waals surface area contributed by atoms with Gasteiger partial charge in [-0.2, -0.15) is 10.4 Å². The van der Waals surface area contributed by atoms with Crippen molar-refractivity contribution in [2.45, 2.75) is 19.3 Å². The lowest BCUT2D eigenvalue weighted by Gasteiger charge is -2.21. The van der Waals surface area contributed by atoms with Crippen LogP contribution < -0.4 is 9.64 Å². The predicted molar refractivity (Wildman–Crippen MR) is 103 cm³/mol. The Kier molecular flexibility index (Phi) is 3.63. The van der Waals surface area contributed by atoms with E-state index >= 15 is 0 Å². The van der Waals surface area contributed by atoms with Gasteiger partial charge in [0.25, 0.3) is 0 Å². The molecule has 0 spiro atoms. The fraction of sp³-hybridized carbons (Fsp3) is 0.333. The molecule has 1 saturated heterocycles. The zero-order valence-corrected chi connectivity index (χ0v) is 15.5. The van der Waals surface area contributed by atoms with Crippen molar-refractivity contribution in [2.75, 3.05) is 18.6 Å². The topological polar surface area (TPSA) is 83.5 Å². The summed E-state index contributed by atoms with van der Waals surface area (Å²) in [4.78, 5) is 19.4. The van der Waals surface area contributed by atoms with E-state index in [1.165, 1.54) is 0 Å². The Morgan fingerprint density at radius 1 is 1.32 bits per heavy atom. The number of aromatic nitrogens is 3. The molecule has 1 aliphatic heterocycles. The number of nitrogens with zero attached hydrogens (tertiary/aromatic N) is 5. The van der Waals surface area contributed by atoms with Crippen LogP contribution in [0.15, 0.2) is 42.9 Å². The van der Waals surface area contributed by atoms with E-state index in [0.29, 0.717) is 18.7 Å². The van der Waals surface area contributed by atoms with E-state index in [1.54, 1.807) is 28.9 Å². The molecule has 1 aliphatic carbocycles. The normalized spacial score (nSPS) is 21.9. The minimum absolute atomic E-state index is 0.0732. The lowest BCUT2D eigenvalue weighted by atomic mass is 9.83. The largest absolute Gasteiger partial charge is 0.495 e. The van der Waals surface area contributed by atoms with Crippen LogP contribution in [-0.2, 0) is 4.79 Å². The third-order valence-electron chi connectivity index (χ3n) is 5.88. The molecule has 28 heavy (non-hydrogen) atoms. The zero-order valence-electron chi connectivity index (χ0n) is 15.5. The molecule has 2 aliphatic rings. The van der Waals surface area contributed by atoms with E-state index < -0.39 is 5.41 Å². The number of carbonyl (C=O) groups is 1. The van der Waals surface area contributed by atoms with Crippen molar-refractivity contribution in [2.24, 2.45) is 11.3 Å². The van der Waals surface area contributed by atoms with Crippen LogP contribution in [0.5, 0.6) is 5.75 Å². The number of pyridine rings is 1. The maximum atomic E-state index is 13.2. The lowest BCUT2D eigenvalue weighted by molar-refractivity contribution is -0.123. The number of nitriles is 1. The van der Waals surface area contributed by atoms with E-state index in [2.05, 4.69) is 16.2 Å². The van der Waals surface area contributed by atoms with Gasteiger partial charge in [-0.25, -0.2) is 4.52 Å². The van der Waals surface area contributed by atoms with Crippen LogP contribution in [0.3, 0.4) is 0 Å². The van der Waals surface area contributed by atoms with Gasteiger partial charge in [-0.05, 0) is 49.4 Å². The van der Waals surface area contributed by atoms with Crippen molar-refractivity contribution in [3.63, 3.8) is 0 Å². The number of carbonyl (C=O) groups excluding carboxylic acids is 1. The van der Waals surface area contributed by atoms with Crippen LogP contribution in [-0.4, -0.2) is 34.2 Å². The molecule has 0 bridgehead atoms. The summed E-state index contributed by atoms with van der Waals surface area (Å²) in [6.45, 7) is 0.559. The van der Waals surface area contributed by atoms with Gasteiger partial charge in [-0.1, -0.05) is 0 Å². The van der Waals surface area contributed by atoms with E-state index in [9.17, 15) is 10.1 Å². The van der Waals surface area contributed by atoms with Crippen LogP contribution in [0.1, 0.15) is 19.3 Å². The fourth-order valence-corrected chi connectivity index (χ4v) is 4.16. The minimum Gasteiger partial charge on any atom is -0.495 e. The summed E-state index contributed by atoms with van der Waals surface area (Å²) >= 11 is 0. The molecule has 5 rings (SSSR count). The molecule has 2 fully saturated rings. The molecule has 0 N–H and O–H groups in total. The SMILES string of the molecule is COc1ccc(-c2cc3c(N4CC[C@@](C#N)(C5CC5)C4=O)ccnn3c2)nc1. The van der Waals surface area contributed by atoms with Gasteiger partial charge in [0.15, 0.2) is 0 Å². The Balaban J connectivity index is 1.55. The van der Waals surface area contributed by atoms with Crippen molar-refractivity contribution in [3.8, 4) is 23.1 Å². The Bertz CT molecular complexity index is 1110. The van der Waals surface area contributed by atoms with Gasteiger partial charge < -0.3 is 9.64 Å². The first kappa shape index (κ1) is 16.8. The number of hydrogen-bond acceptors (Lipinski definition) is 5. The quantitative estimate of drug-likeness (QED) is 0.702. The second kappa shape index (κ2) is 6.06. The van der Waals surface area contributed by atoms with E-state index in [1.807, 2.05) is 30.5 Å².